The van der Waals surface area contributed by atoms with E-state index >= 15 is 0 Å². The van der Waals surface area contributed by atoms with Gasteiger partial charge in [-0.1, -0.05) is 41.6 Å². The highest BCUT2D eigenvalue weighted by Crippen LogP contribution is 2.20. The van der Waals surface area contributed by atoms with Gasteiger partial charge in [-0.15, -0.1) is 10.2 Å². The number of nitrogens with one attached hydrogen (secondary N) is 2. The molecule has 7 nitrogen and oxygen atoms in total. The fourth-order valence-electron chi connectivity index (χ4n) is 3.05. The monoisotopic (exact) mass is 437 g/mol. The van der Waals surface area contributed by atoms with E-state index in [0.717, 1.165) is 28.1 Å². The van der Waals surface area contributed by atoms with Gasteiger partial charge in [0.15, 0.2) is 5.16 Å². The van der Waals surface area contributed by atoms with E-state index in [-0.39, 0.29) is 24.0 Å². The van der Waals surface area contributed by atoms with Crippen LogP contribution in [0.1, 0.15) is 29.4 Å². The maximum Gasteiger partial charge on any atom is 0.234 e. The average Bonchev–Trinajstić information content (AvgIpc) is 3.12. The Balaban J connectivity index is 1.59. The summed E-state index contributed by atoms with van der Waals surface area (Å²) >= 11 is 1.31. The van der Waals surface area contributed by atoms with E-state index in [4.69, 9.17) is 0 Å². The second-order valence-electron chi connectivity index (χ2n) is 7.39. The molecule has 0 aliphatic heterocycles. The Labute approximate surface area is 186 Å². The molecule has 162 valence electrons. The van der Waals surface area contributed by atoms with Crippen LogP contribution in [0.2, 0.25) is 0 Å². The number of aryl methyl sites for hydroxylation is 3. The van der Waals surface area contributed by atoms with Crippen molar-refractivity contribution in [1.82, 2.24) is 14.8 Å². The molecule has 1 heterocycles. The molecule has 0 aliphatic carbocycles. The molecule has 8 heteroatoms. The predicted octanol–water partition coefficient (Wildman–Crippen LogP) is 4.14. The topological polar surface area (TPSA) is 88.9 Å². The smallest absolute Gasteiger partial charge is 0.234 e. The van der Waals surface area contributed by atoms with Crippen molar-refractivity contribution in [1.29, 1.82) is 0 Å². The lowest BCUT2D eigenvalue weighted by Crippen LogP contribution is -2.18. The molecule has 0 saturated carbocycles. The first-order valence-corrected chi connectivity index (χ1v) is 11.1. The predicted molar refractivity (Wildman–Crippen MR) is 124 cm³/mol. The van der Waals surface area contributed by atoms with Crippen molar-refractivity contribution in [2.45, 2.75) is 45.8 Å². The van der Waals surface area contributed by atoms with E-state index in [1.807, 2.05) is 74.7 Å². The van der Waals surface area contributed by atoms with Gasteiger partial charge < -0.3 is 15.2 Å². The number of benzene rings is 2. The van der Waals surface area contributed by atoms with Crippen molar-refractivity contribution in [3.05, 3.63) is 65.0 Å². The number of carbonyl (C=O) groups is 2. The minimum atomic E-state index is -0.157. The number of hydrogen-bond donors (Lipinski definition) is 2. The van der Waals surface area contributed by atoms with Crippen LogP contribution < -0.4 is 10.6 Å². The quantitative estimate of drug-likeness (QED) is 0.517. The van der Waals surface area contributed by atoms with Crippen LogP contribution in [0.25, 0.3) is 0 Å². The third-order valence-corrected chi connectivity index (χ3v) is 5.73. The van der Waals surface area contributed by atoms with Crippen LogP contribution in [0, 0.1) is 20.8 Å². The first kappa shape index (κ1) is 22.6. The number of hydrogen-bond acceptors (Lipinski definition) is 5. The highest BCUT2D eigenvalue weighted by molar-refractivity contribution is 7.99. The number of anilines is 2. The zero-order valence-electron chi connectivity index (χ0n) is 18.2. The summed E-state index contributed by atoms with van der Waals surface area (Å²) in [6, 6.07) is 13.6. The van der Waals surface area contributed by atoms with Crippen molar-refractivity contribution in [3.63, 3.8) is 0 Å². The average molecular weight is 438 g/mol. The fraction of sp³-hybridized carbons (Fsp3) is 0.304. The van der Waals surface area contributed by atoms with E-state index < -0.39 is 0 Å². The van der Waals surface area contributed by atoms with Gasteiger partial charge in [-0.25, -0.2) is 0 Å². The lowest BCUT2D eigenvalue weighted by molar-refractivity contribution is -0.116. The maximum atomic E-state index is 12.4. The van der Waals surface area contributed by atoms with Crippen molar-refractivity contribution < 1.29 is 9.59 Å². The lowest BCUT2D eigenvalue weighted by Gasteiger charge is -2.10. The van der Waals surface area contributed by atoms with Crippen molar-refractivity contribution in [2.75, 3.05) is 16.4 Å². The van der Waals surface area contributed by atoms with Crippen LogP contribution in [0.15, 0.2) is 47.6 Å². The van der Waals surface area contributed by atoms with Crippen LogP contribution in [0.5, 0.6) is 0 Å². The number of aromatic nitrogens is 3. The number of carbonyl (C=O) groups excluding carboxylic acids is 2. The molecule has 2 N–H and O–H groups in total. The number of rotatable bonds is 8. The third-order valence-electron chi connectivity index (χ3n) is 4.76. The molecule has 0 bridgehead atoms. The molecule has 0 fully saturated rings. The highest BCUT2D eigenvalue weighted by atomic mass is 32.2. The van der Waals surface area contributed by atoms with Crippen molar-refractivity contribution in [3.8, 4) is 0 Å². The van der Waals surface area contributed by atoms with Gasteiger partial charge in [-0.3, -0.25) is 9.59 Å². The second-order valence-corrected chi connectivity index (χ2v) is 8.33. The summed E-state index contributed by atoms with van der Waals surface area (Å²) in [6.07, 6.45) is 0.115. The highest BCUT2D eigenvalue weighted by Gasteiger charge is 2.16. The maximum absolute atomic E-state index is 12.4. The van der Waals surface area contributed by atoms with Crippen molar-refractivity contribution in [2.24, 2.45) is 0 Å². The van der Waals surface area contributed by atoms with E-state index in [0.29, 0.717) is 17.5 Å². The molecule has 31 heavy (non-hydrogen) atoms. The summed E-state index contributed by atoms with van der Waals surface area (Å²) in [6.45, 7) is 8.52. The van der Waals surface area contributed by atoms with E-state index in [1.54, 1.807) is 0 Å². The molecule has 0 unspecified atom stereocenters. The lowest BCUT2D eigenvalue weighted by atomic mass is 10.1. The van der Waals surface area contributed by atoms with Gasteiger partial charge in [0.1, 0.15) is 5.82 Å². The normalized spacial score (nSPS) is 10.7. The van der Waals surface area contributed by atoms with E-state index in [9.17, 15) is 9.59 Å². The zero-order valence-corrected chi connectivity index (χ0v) is 19.0. The van der Waals surface area contributed by atoms with Crippen LogP contribution in [0.4, 0.5) is 11.4 Å². The van der Waals surface area contributed by atoms with Gasteiger partial charge in [0.2, 0.25) is 11.8 Å². The zero-order chi connectivity index (χ0) is 22.4. The molecular formula is C23H27N5O2S. The van der Waals surface area contributed by atoms with E-state index in [2.05, 4.69) is 20.8 Å². The van der Waals surface area contributed by atoms with Crippen LogP contribution in [-0.2, 0) is 22.6 Å². The summed E-state index contributed by atoms with van der Waals surface area (Å²) in [7, 11) is 0. The molecule has 0 radical (unpaired) electrons. The molecule has 0 aliphatic rings. The van der Waals surface area contributed by atoms with Gasteiger partial charge in [0.05, 0.1) is 12.2 Å². The van der Waals surface area contributed by atoms with Crippen LogP contribution >= 0.6 is 11.8 Å². The van der Waals surface area contributed by atoms with Gasteiger partial charge in [0, 0.05) is 17.9 Å². The number of nitrogens with zero attached hydrogens (tertiary/aromatic N) is 3. The SMILES string of the molecule is CCn1c(CC(=O)Nc2ccc(C)cc2)nnc1SCC(=O)Nc1cc(C)ccc1C. The molecular weight excluding hydrogens is 410 g/mol. The molecule has 2 amide bonds. The van der Waals surface area contributed by atoms with Gasteiger partial charge in [-0.2, -0.15) is 0 Å². The summed E-state index contributed by atoms with van der Waals surface area (Å²) in [4.78, 5) is 24.8. The molecule has 0 saturated heterocycles. The first-order valence-electron chi connectivity index (χ1n) is 10.1. The van der Waals surface area contributed by atoms with Gasteiger partial charge >= 0.3 is 0 Å². The molecule has 1 aromatic heterocycles. The number of thioether (sulfide) groups is 1. The summed E-state index contributed by atoms with van der Waals surface area (Å²) in [5.74, 6) is 0.517. The van der Waals surface area contributed by atoms with E-state index in [1.165, 1.54) is 11.8 Å². The minimum Gasteiger partial charge on any atom is -0.326 e. The Morgan fingerprint density at radius 2 is 1.65 bits per heavy atom. The molecule has 0 atom stereocenters. The van der Waals surface area contributed by atoms with Crippen molar-refractivity contribution >= 4 is 35.0 Å². The molecule has 3 aromatic rings. The third kappa shape index (κ3) is 6.18. The standard InChI is InChI=1S/C23H27N5O2S/c1-5-28-20(13-21(29)24-18-10-7-15(2)8-11-18)26-27-23(28)31-14-22(30)25-19-12-16(3)6-9-17(19)4/h6-12H,5,13-14H2,1-4H3,(H,24,29)(H,25,30). The Bertz CT molecular complexity index is 1080. The summed E-state index contributed by atoms with van der Waals surface area (Å²) in [5, 5.41) is 14.8. The minimum absolute atomic E-state index is 0.108. The summed E-state index contributed by atoms with van der Waals surface area (Å²) in [5.41, 5.74) is 4.80. The molecule has 0 spiro atoms. The van der Waals surface area contributed by atoms with Gasteiger partial charge in [0.25, 0.3) is 0 Å². The van der Waals surface area contributed by atoms with Crippen LogP contribution in [0.3, 0.4) is 0 Å². The summed E-state index contributed by atoms with van der Waals surface area (Å²) < 4.78 is 1.87. The Morgan fingerprint density at radius 3 is 2.35 bits per heavy atom. The molecule has 2 aromatic carbocycles. The Kier molecular flexibility index (Phi) is 7.46. The largest absolute Gasteiger partial charge is 0.326 e. The Hall–Kier alpha value is -3.13. The fourth-order valence-corrected chi connectivity index (χ4v) is 3.87. The van der Waals surface area contributed by atoms with Crippen LogP contribution in [-0.4, -0.2) is 32.3 Å². The Morgan fingerprint density at radius 1 is 0.935 bits per heavy atom. The first-order chi connectivity index (χ1) is 14.9. The molecule has 3 rings (SSSR count). The van der Waals surface area contributed by atoms with Gasteiger partial charge in [-0.05, 0) is 57.0 Å². The second kappa shape index (κ2) is 10.3. The number of amides is 2.